The Balaban J connectivity index is 2.05. The second-order valence-corrected chi connectivity index (χ2v) is 7.57. The molecule has 0 saturated heterocycles. The summed E-state index contributed by atoms with van der Waals surface area (Å²) >= 11 is 0. The van der Waals surface area contributed by atoms with E-state index in [1.807, 2.05) is 24.3 Å². The maximum absolute atomic E-state index is 13.2. The van der Waals surface area contributed by atoms with Gasteiger partial charge in [0.25, 0.3) is 5.91 Å². The number of carbonyl (C=O) groups is 2. The largest absolute Gasteiger partial charge is 0.450 e. The molecule has 7 heteroatoms. The lowest BCUT2D eigenvalue weighted by Crippen LogP contribution is -2.51. The standard InChI is InChI=1S/C22H22F3NO3/c1-14(27)29-21(2,3)20(28)26-13-12-15-6-4-5-7-18(15)19(26)16-8-10-17(11-9-16)22(23,24)25/h4-11,19H,12-13H2,1-3H3. The van der Waals surface area contributed by atoms with E-state index in [4.69, 9.17) is 4.74 Å². The van der Waals surface area contributed by atoms with Gasteiger partial charge in [0.1, 0.15) is 0 Å². The molecule has 154 valence electrons. The SMILES string of the molecule is CC(=O)OC(C)(C)C(=O)N1CCc2ccccc2C1c1ccc(C(F)(F)F)cc1. The van der Waals surface area contributed by atoms with Crippen LogP contribution in [0.2, 0.25) is 0 Å². The Labute approximate surface area is 167 Å². The zero-order chi connectivity index (χ0) is 21.4. The van der Waals surface area contributed by atoms with E-state index in [0.29, 0.717) is 18.5 Å². The lowest BCUT2D eigenvalue weighted by Gasteiger charge is -2.41. The molecule has 1 amide bonds. The monoisotopic (exact) mass is 405 g/mol. The molecule has 0 spiro atoms. The minimum atomic E-state index is -4.43. The predicted octanol–water partition coefficient (Wildman–Crippen LogP) is 4.52. The third-order valence-electron chi connectivity index (χ3n) is 5.01. The highest BCUT2D eigenvalue weighted by Gasteiger charge is 2.41. The zero-order valence-electron chi connectivity index (χ0n) is 16.4. The van der Waals surface area contributed by atoms with Crippen molar-refractivity contribution in [2.75, 3.05) is 6.54 Å². The number of alkyl halides is 3. The van der Waals surface area contributed by atoms with Gasteiger partial charge in [0.15, 0.2) is 5.60 Å². The molecule has 4 nitrogen and oxygen atoms in total. The van der Waals surface area contributed by atoms with Crippen LogP contribution >= 0.6 is 0 Å². The summed E-state index contributed by atoms with van der Waals surface area (Å²) < 4.78 is 44.1. The van der Waals surface area contributed by atoms with Crippen molar-refractivity contribution >= 4 is 11.9 Å². The molecule has 1 atom stereocenters. The summed E-state index contributed by atoms with van der Waals surface area (Å²) in [5.74, 6) is -0.973. The van der Waals surface area contributed by atoms with Crippen LogP contribution < -0.4 is 0 Å². The van der Waals surface area contributed by atoms with E-state index in [-0.39, 0.29) is 0 Å². The number of fused-ring (bicyclic) bond motifs is 1. The fourth-order valence-corrected chi connectivity index (χ4v) is 3.75. The van der Waals surface area contributed by atoms with E-state index in [1.54, 1.807) is 4.90 Å². The molecule has 1 aliphatic heterocycles. The molecule has 0 bridgehead atoms. The van der Waals surface area contributed by atoms with Crippen molar-refractivity contribution in [3.05, 3.63) is 70.8 Å². The van der Waals surface area contributed by atoms with E-state index in [1.165, 1.54) is 32.9 Å². The third kappa shape index (κ3) is 4.28. The van der Waals surface area contributed by atoms with Crippen LogP contribution in [0, 0.1) is 0 Å². The maximum Gasteiger partial charge on any atom is 0.416 e. The molecule has 1 unspecified atom stereocenters. The van der Waals surface area contributed by atoms with Gasteiger partial charge >= 0.3 is 12.1 Å². The number of halogens is 3. The Kier molecular flexibility index (Phi) is 5.43. The van der Waals surface area contributed by atoms with E-state index in [2.05, 4.69) is 0 Å². The molecule has 0 N–H and O–H groups in total. The van der Waals surface area contributed by atoms with Crippen molar-refractivity contribution in [2.45, 2.75) is 45.0 Å². The van der Waals surface area contributed by atoms with Crippen molar-refractivity contribution < 1.29 is 27.5 Å². The van der Waals surface area contributed by atoms with E-state index in [0.717, 1.165) is 23.3 Å². The van der Waals surface area contributed by atoms with Crippen LogP contribution in [-0.2, 0) is 26.9 Å². The van der Waals surface area contributed by atoms with Gasteiger partial charge in [-0.15, -0.1) is 0 Å². The number of hydrogen-bond acceptors (Lipinski definition) is 3. The van der Waals surface area contributed by atoms with Crippen molar-refractivity contribution in [2.24, 2.45) is 0 Å². The maximum atomic E-state index is 13.2. The molecule has 0 aliphatic carbocycles. The second-order valence-electron chi connectivity index (χ2n) is 7.57. The van der Waals surface area contributed by atoms with Crippen molar-refractivity contribution in [1.29, 1.82) is 0 Å². The minimum absolute atomic E-state index is 0.367. The van der Waals surface area contributed by atoms with Gasteiger partial charge in [0.2, 0.25) is 0 Å². The van der Waals surface area contributed by atoms with Gasteiger partial charge in [-0.3, -0.25) is 9.59 Å². The molecule has 29 heavy (non-hydrogen) atoms. The average Bonchev–Trinajstić information content (AvgIpc) is 2.65. The van der Waals surface area contributed by atoms with Crippen molar-refractivity contribution in [3.8, 4) is 0 Å². The lowest BCUT2D eigenvalue weighted by molar-refractivity contribution is -0.169. The molecule has 3 rings (SSSR count). The Morgan fingerprint density at radius 1 is 1.03 bits per heavy atom. The van der Waals surface area contributed by atoms with Crippen LogP contribution in [0.1, 0.15) is 49.1 Å². The smallest absolute Gasteiger partial charge is 0.416 e. The summed E-state index contributed by atoms with van der Waals surface area (Å²) in [5.41, 5.74) is 0.320. The van der Waals surface area contributed by atoms with Crippen LogP contribution in [0.3, 0.4) is 0 Å². The molecule has 0 fully saturated rings. The highest BCUT2D eigenvalue weighted by Crippen LogP contribution is 2.38. The zero-order valence-corrected chi connectivity index (χ0v) is 16.4. The Hall–Kier alpha value is -2.83. The van der Waals surface area contributed by atoms with Crippen LogP contribution in [-0.4, -0.2) is 28.9 Å². The second kappa shape index (κ2) is 7.54. The topological polar surface area (TPSA) is 46.6 Å². The molecule has 1 aliphatic rings. The van der Waals surface area contributed by atoms with Gasteiger partial charge in [0.05, 0.1) is 11.6 Å². The molecule has 0 saturated carbocycles. The third-order valence-corrected chi connectivity index (χ3v) is 5.01. The average molecular weight is 405 g/mol. The fourth-order valence-electron chi connectivity index (χ4n) is 3.75. The number of benzene rings is 2. The predicted molar refractivity (Wildman–Crippen MR) is 101 cm³/mol. The summed E-state index contributed by atoms with van der Waals surface area (Å²) in [5, 5.41) is 0. The molecule has 0 aromatic heterocycles. The minimum Gasteiger partial charge on any atom is -0.450 e. The molecule has 1 heterocycles. The number of carbonyl (C=O) groups excluding carboxylic acids is 2. The molecular weight excluding hydrogens is 383 g/mol. The van der Waals surface area contributed by atoms with Crippen LogP contribution in [0.4, 0.5) is 13.2 Å². The molecule has 2 aromatic carbocycles. The number of rotatable bonds is 3. The Bertz CT molecular complexity index is 920. The summed E-state index contributed by atoms with van der Waals surface area (Å²) in [7, 11) is 0. The molecule has 2 aromatic rings. The first-order valence-corrected chi connectivity index (χ1v) is 9.26. The van der Waals surface area contributed by atoms with E-state index in [9.17, 15) is 22.8 Å². The lowest BCUT2D eigenvalue weighted by atomic mass is 9.86. The number of ether oxygens (including phenoxy) is 1. The summed E-state index contributed by atoms with van der Waals surface area (Å²) in [6, 6.07) is 11.8. The quantitative estimate of drug-likeness (QED) is 0.706. The first-order valence-electron chi connectivity index (χ1n) is 9.26. The molecular formula is C22H22F3NO3. The number of nitrogens with zero attached hydrogens (tertiary/aromatic N) is 1. The van der Waals surface area contributed by atoms with Gasteiger partial charge in [0, 0.05) is 13.5 Å². The first-order chi connectivity index (χ1) is 13.5. The van der Waals surface area contributed by atoms with Crippen LogP contribution in [0.5, 0.6) is 0 Å². The van der Waals surface area contributed by atoms with Gasteiger partial charge in [-0.25, -0.2) is 0 Å². The van der Waals surface area contributed by atoms with Crippen molar-refractivity contribution in [3.63, 3.8) is 0 Å². The normalized spacial score (nSPS) is 16.9. The van der Waals surface area contributed by atoms with Gasteiger partial charge in [-0.2, -0.15) is 13.2 Å². The van der Waals surface area contributed by atoms with Crippen molar-refractivity contribution in [1.82, 2.24) is 4.90 Å². The Morgan fingerprint density at radius 2 is 1.66 bits per heavy atom. The van der Waals surface area contributed by atoms with Crippen LogP contribution in [0.15, 0.2) is 48.5 Å². The summed E-state index contributed by atoms with van der Waals surface area (Å²) in [6.45, 7) is 4.63. The van der Waals surface area contributed by atoms with Gasteiger partial charge in [-0.05, 0) is 49.1 Å². The van der Waals surface area contributed by atoms with Gasteiger partial charge < -0.3 is 9.64 Å². The first kappa shape index (κ1) is 20.9. The number of amides is 1. The summed E-state index contributed by atoms with van der Waals surface area (Å²) in [6.07, 6.45) is -3.83. The van der Waals surface area contributed by atoms with E-state index < -0.39 is 35.3 Å². The van der Waals surface area contributed by atoms with E-state index >= 15 is 0 Å². The number of hydrogen-bond donors (Lipinski definition) is 0. The fraction of sp³-hybridized carbons (Fsp3) is 0.364. The highest BCUT2D eigenvalue weighted by molar-refractivity contribution is 5.87. The highest BCUT2D eigenvalue weighted by atomic mass is 19.4. The summed E-state index contributed by atoms with van der Waals surface area (Å²) in [4.78, 5) is 26.2. The van der Waals surface area contributed by atoms with Gasteiger partial charge in [-0.1, -0.05) is 36.4 Å². The van der Waals surface area contributed by atoms with Crippen LogP contribution in [0.25, 0.3) is 0 Å². The Morgan fingerprint density at radius 3 is 2.24 bits per heavy atom. The number of esters is 1. The molecule has 0 radical (unpaired) electrons.